The van der Waals surface area contributed by atoms with E-state index in [9.17, 15) is 9.18 Å². The highest BCUT2D eigenvalue weighted by Crippen LogP contribution is 2.34. The number of aromatic nitrogens is 2. The number of fused-ring (bicyclic) bond motifs is 1. The van der Waals surface area contributed by atoms with Gasteiger partial charge >= 0.3 is 0 Å². The van der Waals surface area contributed by atoms with Crippen LogP contribution in [0, 0.1) is 5.82 Å². The summed E-state index contributed by atoms with van der Waals surface area (Å²) in [5, 5.41) is 4.52. The van der Waals surface area contributed by atoms with E-state index in [2.05, 4.69) is 18.9 Å². The first kappa shape index (κ1) is 14.4. The molecule has 0 N–H and O–H groups in total. The lowest BCUT2D eigenvalue weighted by Gasteiger charge is -2.48. The third-order valence-electron chi connectivity index (χ3n) is 5.14. The number of rotatable bonds is 2. The van der Waals surface area contributed by atoms with Crippen molar-refractivity contribution < 1.29 is 9.18 Å². The number of amides is 1. The fourth-order valence-electron chi connectivity index (χ4n) is 3.61. The highest BCUT2D eigenvalue weighted by Gasteiger charge is 2.42. The Bertz CT molecular complexity index is 794. The van der Waals surface area contributed by atoms with Gasteiger partial charge in [-0.2, -0.15) is 5.10 Å². The molecule has 0 radical (unpaired) electrons. The summed E-state index contributed by atoms with van der Waals surface area (Å²) in [6.45, 7) is 4.91. The lowest BCUT2D eigenvalue weighted by atomic mass is 9.88. The molecule has 1 aliphatic heterocycles. The summed E-state index contributed by atoms with van der Waals surface area (Å²) < 4.78 is 15.8. The van der Waals surface area contributed by atoms with E-state index in [1.54, 1.807) is 22.9 Å². The number of carbonyl (C=O) groups is 1. The molecular formula is C18H20FN3O. The van der Waals surface area contributed by atoms with Crippen molar-refractivity contribution in [3.8, 4) is 5.69 Å². The fourth-order valence-corrected chi connectivity index (χ4v) is 3.61. The number of para-hydroxylation sites is 1. The molecule has 1 saturated heterocycles. The summed E-state index contributed by atoms with van der Waals surface area (Å²) in [4.78, 5) is 14.8. The van der Waals surface area contributed by atoms with Crippen molar-refractivity contribution in [1.29, 1.82) is 0 Å². The maximum atomic E-state index is 14.2. The van der Waals surface area contributed by atoms with Crippen LogP contribution >= 0.6 is 0 Å². The number of halogens is 1. The number of hydrogen-bond donors (Lipinski definition) is 0. The van der Waals surface area contributed by atoms with Crippen LogP contribution in [0.1, 0.15) is 48.4 Å². The molecule has 0 spiro atoms. The van der Waals surface area contributed by atoms with Crippen LogP contribution in [-0.2, 0) is 12.8 Å². The quantitative estimate of drug-likeness (QED) is 0.854. The Morgan fingerprint density at radius 1 is 1.26 bits per heavy atom. The van der Waals surface area contributed by atoms with Gasteiger partial charge in [0.25, 0.3) is 5.91 Å². The summed E-state index contributed by atoms with van der Waals surface area (Å²) in [6.07, 6.45) is 3.69. The maximum Gasteiger partial charge on any atom is 0.275 e. The zero-order valence-corrected chi connectivity index (χ0v) is 13.5. The van der Waals surface area contributed by atoms with Crippen LogP contribution in [0.25, 0.3) is 5.69 Å². The van der Waals surface area contributed by atoms with Gasteiger partial charge < -0.3 is 4.90 Å². The molecule has 0 saturated carbocycles. The van der Waals surface area contributed by atoms with Crippen LogP contribution in [0.15, 0.2) is 24.3 Å². The van der Waals surface area contributed by atoms with Crippen LogP contribution in [-0.4, -0.2) is 32.7 Å². The van der Waals surface area contributed by atoms with E-state index in [4.69, 9.17) is 0 Å². The van der Waals surface area contributed by atoms with E-state index in [1.807, 2.05) is 4.90 Å². The van der Waals surface area contributed by atoms with Crippen LogP contribution in [0.2, 0.25) is 0 Å². The van der Waals surface area contributed by atoms with E-state index in [-0.39, 0.29) is 17.3 Å². The molecule has 1 aliphatic carbocycles. The number of hydrogen-bond acceptors (Lipinski definition) is 2. The first-order valence-corrected chi connectivity index (χ1v) is 8.17. The average molecular weight is 313 g/mol. The van der Waals surface area contributed by atoms with Crippen molar-refractivity contribution in [1.82, 2.24) is 14.7 Å². The lowest BCUT2D eigenvalue weighted by Crippen LogP contribution is -2.58. The minimum atomic E-state index is -0.312. The summed E-state index contributed by atoms with van der Waals surface area (Å²) in [6, 6.07) is 6.60. The third-order valence-corrected chi connectivity index (χ3v) is 5.14. The Kier molecular flexibility index (Phi) is 3.08. The van der Waals surface area contributed by atoms with Crippen LogP contribution in [0.5, 0.6) is 0 Å². The van der Waals surface area contributed by atoms with E-state index < -0.39 is 0 Å². The van der Waals surface area contributed by atoms with E-state index in [0.29, 0.717) is 11.4 Å². The SMILES string of the molecule is CC1(C)CCN1C(=O)c1nn(-c2ccccc2F)c2c1CCC2. The van der Waals surface area contributed by atoms with Crippen molar-refractivity contribution >= 4 is 5.91 Å². The van der Waals surface area contributed by atoms with Gasteiger partial charge in [0.1, 0.15) is 11.5 Å². The van der Waals surface area contributed by atoms with Gasteiger partial charge in [0, 0.05) is 23.3 Å². The summed E-state index contributed by atoms with van der Waals surface area (Å²) in [5.74, 6) is -0.331. The molecule has 0 atom stereocenters. The first-order chi connectivity index (χ1) is 11.0. The van der Waals surface area contributed by atoms with Gasteiger partial charge in [-0.25, -0.2) is 9.07 Å². The fraction of sp³-hybridized carbons (Fsp3) is 0.444. The highest BCUT2D eigenvalue weighted by atomic mass is 19.1. The Morgan fingerprint density at radius 2 is 2.04 bits per heavy atom. The van der Waals surface area contributed by atoms with Crippen molar-refractivity contribution in [2.24, 2.45) is 0 Å². The summed E-state index contributed by atoms with van der Waals surface area (Å²) in [7, 11) is 0. The molecule has 2 aliphatic rings. The molecule has 1 amide bonds. The summed E-state index contributed by atoms with van der Waals surface area (Å²) in [5.41, 5.74) is 2.81. The van der Waals surface area contributed by atoms with Crippen molar-refractivity contribution in [3.05, 3.63) is 47.0 Å². The second-order valence-electron chi connectivity index (χ2n) is 7.01. The minimum absolute atomic E-state index is 0.0190. The topological polar surface area (TPSA) is 38.1 Å². The number of benzene rings is 1. The predicted octanol–water partition coefficient (Wildman–Crippen LogP) is 3.12. The van der Waals surface area contributed by atoms with Gasteiger partial charge in [-0.05, 0) is 51.7 Å². The zero-order valence-electron chi connectivity index (χ0n) is 13.5. The Balaban J connectivity index is 1.80. The van der Waals surface area contributed by atoms with Crippen LogP contribution < -0.4 is 0 Å². The highest BCUT2D eigenvalue weighted by molar-refractivity contribution is 5.95. The molecule has 0 unspecified atom stereocenters. The predicted molar refractivity (Wildman–Crippen MR) is 85.3 cm³/mol. The molecule has 1 fully saturated rings. The normalized spacial score (nSPS) is 18.7. The Labute approximate surface area is 134 Å². The molecular weight excluding hydrogens is 293 g/mol. The minimum Gasteiger partial charge on any atom is -0.332 e. The van der Waals surface area contributed by atoms with Crippen molar-refractivity contribution in [2.45, 2.75) is 45.1 Å². The molecule has 2 aromatic rings. The van der Waals surface area contributed by atoms with E-state index >= 15 is 0 Å². The first-order valence-electron chi connectivity index (χ1n) is 8.17. The second kappa shape index (κ2) is 4.91. The lowest BCUT2D eigenvalue weighted by molar-refractivity contribution is 0.0150. The third kappa shape index (κ3) is 2.10. The standard InChI is InChI=1S/C18H20FN3O/c1-18(2)10-11-21(18)17(23)16-12-6-5-9-14(12)22(20-16)15-8-4-3-7-13(15)19/h3-4,7-8H,5-6,9-11H2,1-2H3. The van der Waals surface area contributed by atoms with Gasteiger partial charge in [0.15, 0.2) is 5.69 Å². The van der Waals surface area contributed by atoms with Gasteiger partial charge in [0.2, 0.25) is 0 Å². The average Bonchev–Trinajstić information content (AvgIpc) is 3.09. The molecule has 1 aromatic carbocycles. The number of nitrogens with zero attached hydrogens (tertiary/aromatic N) is 3. The van der Waals surface area contributed by atoms with Crippen LogP contribution in [0.4, 0.5) is 4.39 Å². The largest absolute Gasteiger partial charge is 0.332 e. The van der Waals surface area contributed by atoms with Gasteiger partial charge in [0.05, 0.1) is 0 Å². The van der Waals surface area contributed by atoms with Gasteiger partial charge in [-0.1, -0.05) is 12.1 Å². The van der Waals surface area contributed by atoms with Crippen LogP contribution in [0.3, 0.4) is 0 Å². The smallest absolute Gasteiger partial charge is 0.275 e. The Hall–Kier alpha value is -2.17. The molecule has 1 aromatic heterocycles. The van der Waals surface area contributed by atoms with Crippen molar-refractivity contribution in [3.63, 3.8) is 0 Å². The van der Waals surface area contributed by atoms with E-state index in [0.717, 1.165) is 43.5 Å². The van der Waals surface area contributed by atoms with Crippen molar-refractivity contribution in [2.75, 3.05) is 6.54 Å². The second-order valence-corrected chi connectivity index (χ2v) is 7.01. The molecule has 23 heavy (non-hydrogen) atoms. The molecule has 4 nitrogen and oxygen atoms in total. The molecule has 5 heteroatoms. The van der Waals surface area contributed by atoms with Gasteiger partial charge in [-0.15, -0.1) is 0 Å². The summed E-state index contributed by atoms with van der Waals surface area (Å²) >= 11 is 0. The zero-order chi connectivity index (χ0) is 16.2. The van der Waals surface area contributed by atoms with E-state index in [1.165, 1.54) is 6.07 Å². The maximum absolute atomic E-state index is 14.2. The van der Waals surface area contributed by atoms with Gasteiger partial charge in [-0.3, -0.25) is 4.79 Å². The number of carbonyl (C=O) groups excluding carboxylic acids is 1. The molecule has 4 rings (SSSR count). The Morgan fingerprint density at radius 3 is 2.70 bits per heavy atom. The number of likely N-dealkylation sites (tertiary alicyclic amines) is 1. The molecule has 0 bridgehead atoms. The molecule has 120 valence electrons. The molecule has 2 heterocycles. The monoisotopic (exact) mass is 313 g/mol.